The minimum atomic E-state index is -4.38. The maximum atomic E-state index is 12.7. The van der Waals surface area contributed by atoms with Gasteiger partial charge in [0.15, 0.2) is 6.10 Å². The molecule has 0 bridgehead atoms. The fourth-order valence-corrected chi connectivity index (χ4v) is 9.63. The van der Waals surface area contributed by atoms with E-state index in [2.05, 4.69) is 74.6 Å². The van der Waals surface area contributed by atoms with E-state index in [4.69, 9.17) is 24.3 Å². The highest BCUT2D eigenvalue weighted by molar-refractivity contribution is 7.47. The first-order chi connectivity index (χ1) is 35.8. The van der Waals surface area contributed by atoms with E-state index in [0.717, 1.165) is 77.0 Å². The van der Waals surface area contributed by atoms with E-state index in [0.29, 0.717) is 6.42 Å². The van der Waals surface area contributed by atoms with Crippen molar-refractivity contribution in [3.05, 3.63) is 60.8 Å². The van der Waals surface area contributed by atoms with Crippen LogP contribution >= 0.6 is 7.82 Å². The highest BCUT2D eigenvalue weighted by Crippen LogP contribution is 2.43. The minimum Gasteiger partial charge on any atom is -0.462 e. The Balaban J connectivity index is 3.74. The Bertz CT molecular complexity index is 1380. The van der Waals surface area contributed by atoms with Gasteiger partial charge in [-0.1, -0.05) is 267 Å². The Morgan fingerprint density at radius 1 is 0.425 bits per heavy atom. The molecule has 0 fully saturated rings. The van der Waals surface area contributed by atoms with Gasteiger partial charge in [0.05, 0.1) is 13.2 Å². The van der Waals surface area contributed by atoms with Gasteiger partial charge >= 0.3 is 19.8 Å². The zero-order valence-electron chi connectivity index (χ0n) is 47.6. The summed E-state index contributed by atoms with van der Waals surface area (Å²) in [4.78, 5) is 35.1. The zero-order chi connectivity index (χ0) is 53.1. The third-order valence-electron chi connectivity index (χ3n) is 13.4. The molecule has 0 saturated carbocycles. The molecule has 0 spiro atoms. The number of phosphoric acid groups is 1. The smallest absolute Gasteiger partial charge is 0.462 e. The van der Waals surface area contributed by atoms with Gasteiger partial charge in [-0.3, -0.25) is 18.6 Å². The Kier molecular flexibility index (Phi) is 57.1. The second-order valence-corrected chi connectivity index (χ2v) is 22.0. The normalized spacial score (nSPS) is 13.4. The predicted molar refractivity (Wildman–Crippen MR) is 312 cm³/mol. The summed E-state index contributed by atoms with van der Waals surface area (Å²) in [6.07, 6.45) is 74.6. The van der Waals surface area contributed by atoms with Crippen molar-refractivity contribution in [2.45, 2.75) is 302 Å². The number of esters is 2. The number of carbonyl (C=O) groups excluding carboxylic acids is 2. The molecule has 426 valence electrons. The summed E-state index contributed by atoms with van der Waals surface area (Å²) >= 11 is 0. The van der Waals surface area contributed by atoms with Crippen molar-refractivity contribution in [1.29, 1.82) is 0 Å². The Morgan fingerprint density at radius 3 is 1.14 bits per heavy atom. The molecule has 0 aliphatic carbocycles. The summed E-state index contributed by atoms with van der Waals surface area (Å²) < 4.78 is 33.0. The summed E-state index contributed by atoms with van der Waals surface area (Å²) in [7, 11) is -4.38. The molecule has 3 N–H and O–H groups in total. The van der Waals surface area contributed by atoms with Crippen LogP contribution in [0.2, 0.25) is 0 Å². The van der Waals surface area contributed by atoms with Crippen LogP contribution in [-0.4, -0.2) is 49.3 Å². The third-order valence-corrected chi connectivity index (χ3v) is 14.4. The van der Waals surface area contributed by atoms with E-state index in [1.54, 1.807) is 0 Å². The van der Waals surface area contributed by atoms with Crippen LogP contribution in [0.4, 0.5) is 0 Å². The SMILES string of the molecule is CC/C=C\C/C=C\C/C=C\C/C=C\CCCCCCCCCCCCCCCCCCCCCCCCCCCCC(=O)OC(COC(=O)CCCCCCC/C=C\CCCCCC)COP(=O)(O)OCCN. The van der Waals surface area contributed by atoms with Crippen LogP contribution in [0.25, 0.3) is 0 Å². The largest absolute Gasteiger partial charge is 0.472 e. The topological polar surface area (TPSA) is 134 Å². The van der Waals surface area contributed by atoms with Gasteiger partial charge in [0, 0.05) is 19.4 Å². The lowest BCUT2D eigenvalue weighted by atomic mass is 10.0. The molecule has 0 radical (unpaired) electrons. The van der Waals surface area contributed by atoms with Crippen molar-refractivity contribution < 1.29 is 37.6 Å². The maximum absolute atomic E-state index is 12.7. The number of phosphoric ester groups is 1. The van der Waals surface area contributed by atoms with Gasteiger partial charge in [-0.15, -0.1) is 0 Å². The molecule has 0 aliphatic heterocycles. The van der Waals surface area contributed by atoms with Crippen LogP contribution in [0.5, 0.6) is 0 Å². The van der Waals surface area contributed by atoms with Crippen molar-refractivity contribution in [3.63, 3.8) is 0 Å². The lowest BCUT2D eigenvalue weighted by Crippen LogP contribution is -2.29. The molecule has 2 atom stereocenters. The first-order valence-corrected chi connectivity index (χ1v) is 32.3. The summed E-state index contributed by atoms with van der Waals surface area (Å²) in [5.41, 5.74) is 5.38. The van der Waals surface area contributed by atoms with Crippen molar-refractivity contribution in [3.8, 4) is 0 Å². The standard InChI is InChI=1S/C63H116NO8P/c1-3-5-7-9-11-13-15-17-18-19-20-21-22-23-24-25-26-27-28-29-30-31-32-33-34-35-36-37-38-39-40-41-42-44-46-48-50-52-54-56-63(66)72-61(60-71-73(67,68)70-58-57-64)59-69-62(65)55-53-51-49-47-45-43-16-14-12-10-8-6-4-2/h5,7,11,13-14,16-18,20-21,61H,3-4,6,8-10,12,15,19,22-60,64H2,1-2H3,(H,67,68)/b7-5-,13-11-,16-14-,18-17-,21-20-. The first-order valence-electron chi connectivity index (χ1n) is 30.8. The van der Waals surface area contributed by atoms with Crippen LogP contribution in [0.1, 0.15) is 296 Å². The molecule has 73 heavy (non-hydrogen) atoms. The molecule has 0 aliphatic rings. The van der Waals surface area contributed by atoms with Gasteiger partial charge in [0.25, 0.3) is 0 Å². The molecule has 10 heteroatoms. The average Bonchev–Trinajstić information content (AvgIpc) is 3.38. The Hall–Kier alpha value is -2.29. The van der Waals surface area contributed by atoms with E-state index in [1.807, 2.05) is 0 Å². The van der Waals surface area contributed by atoms with Crippen LogP contribution in [0, 0.1) is 0 Å². The summed E-state index contributed by atoms with van der Waals surface area (Å²) in [6.45, 7) is 3.63. The highest BCUT2D eigenvalue weighted by atomic mass is 31.2. The molecular weight excluding hydrogens is 930 g/mol. The maximum Gasteiger partial charge on any atom is 0.472 e. The molecule has 0 aromatic heterocycles. The average molecular weight is 1050 g/mol. The van der Waals surface area contributed by atoms with Gasteiger partial charge in [0.1, 0.15) is 6.61 Å². The van der Waals surface area contributed by atoms with E-state index in [1.165, 1.54) is 186 Å². The molecule has 0 heterocycles. The van der Waals surface area contributed by atoms with Gasteiger partial charge in [-0.25, -0.2) is 4.57 Å². The molecule has 0 rings (SSSR count). The number of ether oxygens (including phenoxy) is 2. The van der Waals surface area contributed by atoms with Gasteiger partial charge in [0.2, 0.25) is 0 Å². The fraction of sp³-hybridized carbons (Fsp3) is 0.810. The number of carbonyl (C=O) groups is 2. The second kappa shape index (κ2) is 59.0. The van der Waals surface area contributed by atoms with Crippen molar-refractivity contribution in [2.75, 3.05) is 26.4 Å². The van der Waals surface area contributed by atoms with E-state index >= 15 is 0 Å². The Labute approximate surface area is 450 Å². The predicted octanol–water partition coefficient (Wildman–Crippen LogP) is 19.5. The summed E-state index contributed by atoms with van der Waals surface area (Å²) in [6, 6.07) is 0. The van der Waals surface area contributed by atoms with Crippen LogP contribution in [0.15, 0.2) is 60.8 Å². The minimum absolute atomic E-state index is 0.0533. The third kappa shape index (κ3) is 58.8. The number of hydrogen-bond donors (Lipinski definition) is 2. The molecular formula is C63H116NO8P. The number of hydrogen-bond acceptors (Lipinski definition) is 8. The summed E-state index contributed by atoms with van der Waals surface area (Å²) in [5.74, 6) is -0.826. The van der Waals surface area contributed by atoms with E-state index < -0.39 is 26.5 Å². The number of nitrogens with two attached hydrogens (primary N) is 1. The van der Waals surface area contributed by atoms with Gasteiger partial charge in [-0.05, 0) is 77.0 Å². The molecule has 0 saturated heterocycles. The lowest BCUT2D eigenvalue weighted by molar-refractivity contribution is -0.161. The van der Waals surface area contributed by atoms with E-state index in [-0.39, 0.29) is 38.6 Å². The molecule has 0 aromatic rings. The molecule has 0 amide bonds. The molecule has 9 nitrogen and oxygen atoms in total. The van der Waals surface area contributed by atoms with Gasteiger partial charge < -0.3 is 20.1 Å². The second-order valence-electron chi connectivity index (χ2n) is 20.5. The summed E-state index contributed by atoms with van der Waals surface area (Å²) in [5, 5.41) is 0. The van der Waals surface area contributed by atoms with Crippen molar-refractivity contribution >= 4 is 19.8 Å². The monoisotopic (exact) mass is 1050 g/mol. The number of rotatable bonds is 58. The van der Waals surface area contributed by atoms with Crippen LogP contribution in [0.3, 0.4) is 0 Å². The zero-order valence-corrected chi connectivity index (χ0v) is 48.5. The van der Waals surface area contributed by atoms with Crippen molar-refractivity contribution in [1.82, 2.24) is 0 Å². The number of allylic oxidation sites excluding steroid dienone is 10. The fourth-order valence-electron chi connectivity index (χ4n) is 8.86. The Morgan fingerprint density at radius 2 is 0.753 bits per heavy atom. The molecule has 0 aromatic carbocycles. The highest BCUT2D eigenvalue weighted by Gasteiger charge is 2.26. The lowest BCUT2D eigenvalue weighted by Gasteiger charge is -2.19. The quantitative estimate of drug-likeness (QED) is 0.0264. The van der Waals surface area contributed by atoms with E-state index in [9.17, 15) is 19.0 Å². The number of unbranched alkanes of at least 4 members (excludes halogenated alkanes) is 35. The van der Waals surface area contributed by atoms with Crippen LogP contribution in [-0.2, 0) is 32.7 Å². The van der Waals surface area contributed by atoms with Crippen LogP contribution < -0.4 is 5.73 Å². The molecule has 2 unspecified atom stereocenters. The van der Waals surface area contributed by atoms with Crippen molar-refractivity contribution in [2.24, 2.45) is 5.73 Å². The van der Waals surface area contributed by atoms with Gasteiger partial charge in [-0.2, -0.15) is 0 Å². The first kappa shape index (κ1) is 70.7.